The summed E-state index contributed by atoms with van der Waals surface area (Å²) < 4.78 is 5.13. The Morgan fingerprint density at radius 3 is 2.61 bits per heavy atom. The largest absolute Gasteiger partial charge is 0.480 e. The Kier molecular flexibility index (Phi) is 5.70. The number of carboxylic acids is 1. The molecule has 2 unspecified atom stereocenters. The van der Waals surface area contributed by atoms with Gasteiger partial charge >= 0.3 is 5.97 Å². The van der Waals surface area contributed by atoms with Crippen LogP contribution in [0.5, 0.6) is 0 Å². The van der Waals surface area contributed by atoms with E-state index in [0.717, 1.165) is 5.56 Å². The molecule has 1 saturated heterocycles. The minimum absolute atomic E-state index is 0.178. The highest BCUT2D eigenvalue weighted by Crippen LogP contribution is 2.20. The highest BCUT2D eigenvalue weighted by Gasteiger charge is 2.39. The number of ether oxygens (including phenoxy) is 1. The summed E-state index contributed by atoms with van der Waals surface area (Å²) in [6.45, 7) is 0.00668. The van der Waals surface area contributed by atoms with E-state index in [0.29, 0.717) is 0 Å². The van der Waals surface area contributed by atoms with Crippen LogP contribution in [0.25, 0.3) is 0 Å². The zero-order valence-electron chi connectivity index (χ0n) is 12.9. The summed E-state index contributed by atoms with van der Waals surface area (Å²) in [6, 6.07) is 8.27. The smallest absolute Gasteiger partial charge is 0.326 e. The molecule has 1 aliphatic heterocycles. The summed E-state index contributed by atoms with van der Waals surface area (Å²) in [7, 11) is 1.49. The van der Waals surface area contributed by atoms with Gasteiger partial charge in [0.05, 0.1) is 19.1 Å². The number of hydrogen-bond acceptors (Lipinski definition) is 4. The summed E-state index contributed by atoms with van der Waals surface area (Å²) in [5.41, 5.74) is 0.849. The molecule has 2 N–H and O–H groups in total. The van der Waals surface area contributed by atoms with Crippen LogP contribution < -0.4 is 5.32 Å². The van der Waals surface area contributed by atoms with E-state index in [2.05, 4.69) is 5.32 Å². The molecule has 0 bridgehead atoms. The minimum Gasteiger partial charge on any atom is -0.480 e. The summed E-state index contributed by atoms with van der Waals surface area (Å²) in [6.07, 6.45) is 0.146. The Morgan fingerprint density at radius 1 is 1.30 bits per heavy atom. The molecular formula is C16H20N2O5. The van der Waals surface area contributed by atoms with Crippen molar-refractivity contribution in [3.63, 3.8) is 0 Å². The van der Waals surface area contributed by atoms with Crippen LogP contribution in [0.4, 0.5) is 0 Å². The third-order valence-corrected chi connectivity index (χ3v) is 3.85. The number of nitrogens with one attached hydrogen (secondary N) is 1. The topological polar surface area (TPSA) is 95.9 Å². The number of carbonyl (C=O) groups excluding carboxylic acids is 2. The van der Waals surface area contributed by atoms with Crippen molar-refractivity contribution in [3.05, 3.63) is 35.9 Å². The number of methoxy groups -OCH3 is 1. The Bertz CT molecular complexity index is 575. The van der Waals surface area contributed by atoms with E-state index < -0.39 is 17.9 Å². The van der Waals surface area contributed by atoms with Gasteiger partial charge in [0.1, 0.15) is 6.04 Å². The molecule has 1 aromatic carbocycles. The van der Waals surface area contributed by atoms with Gasteiger partial charge in [0, 0.05) is 20.1 Å². The van der Waals surface area contributed by atoms with Crippen LogP contribution in [0.3, 0.4) is 0 Å². The maximum absolute atomic E-state index is 12.2. The van der Waals surface area contributed by atoms with Gasteiger partial charge < -0.3 is 20.1 Å². The summed E-state index contributed by atoms with van der Waals surface area (Å²) >= 11 is 0. The number of benzene rings is 1. The highest BCUT2D eigenvalue weighted by atomic mass is 16.5. The van der Waals surface area contributed by atoms with Crippen LogP contribution in [-0.2, 0) is 25.5 Å². The molecule has 0 aliphatic carbocycles. The maximum atomic E-state index is 12.2. The summed E-state index contributed by atoms with van der Waals surface area (Å²) in [5, 5.41) is 11.7. The number of aliphatic carboxylic acids is 1. The molecule has 23 heavy (non-hydrogen) atoms. The van der Waals surface area contributed by atoms with Crippen molar-refractivity contribution in [1.29, 1.82) is 0 Å². The monoisotopic (exact) mass is 320 g/mol. The quantitative estimate of drug-likeness (QED) is 0.772. The van der Waals surface area contributed by atoms with Gasteiger partial charge in [-0.25, -0.2) is 4.79 Å². The molecule has 1 aliphatic rings. The fraction of sp³-hybridized carbons (Fsp3) is 0.438. The van der Waals surface area contributed by atoms with Crippen molar-refractivity contribution < 1.29 is 24.2 Å². The Balaban J connectivity index is 1.86. The van der Waals surface area contributed by atoms with Crippen LogP contribution in [-0.4, -0.2) is 60.1 Å². The molecule has 124 valence electrons. The first-order valence-electron chi connectivity index (χ1n) is 7.37. The number of rotatable bonds is 6. The first-order chi connectivity index (χ1) is 11.0. The SMILES string of the molecule is COC1CC(C(=O)O)N(C(=O)CNC(=O)Cc2ccccc2)C1. The van der Waals surface area contributed by atoms with Crippen LogP contribution in [0.2, 0.25) is 0 Å². The third kappa shape index (κ3) is 4.53. The van der Waals surface area contributed by atoms with Crippen LogP contribution in [0.1, 0.15) is 12.0 Å². The lowest BCUT2D eigenvalue weighted by atomic mass is 10.1. The van der Waals surface area contributed by atoms with Gasteiger partial charge in [-0.1, -0.05) is 30.3 Å². The van der Waals surface area contributed by atoms with E-state index in [1.807, 2.05) is 30.3 Å². The summed E-state index contributed by atoms with van der Waals surface area (Å²) in [5.74, 6) is -1.76. The van der Waals surface area contributed by atoms with E-state index in [9.17, 15) is 19.5 Å². The van der Waals surface area contributed by atoms with Crippen molar-refractivity contribution in [2.24, 2.45) is 0 Å². The molecule has 2 amide bonds. The van der Waals surface area contributed by atoms with Crippen LogP contribution >= 0.6 is 0 Å². The molecule has 7 heteroatoms. The number of nitrogens with zero attached hydrogens (tertiary/aromatic N) is 1. The predicted molar refractivity (Wildman–Crippen MR) is 81.7 cm³/mol. The second kappa shape index (κ2) is 7.73. The molecule has 0 aromatic heterocycles. The van der Waals surface area contributed by atoms with Crippen LogP contribution in [0.15, 0.2) is 30.3 Å². The van der Waals surface area contributed by atoms with E-state index >= 15 is 0 Å². The lowest BCUT2D eigenvalue weighted by Crippen LogP contribution is -2.45. The maximum Gasteiger partial charge on any atom is 0.326 e. The first kappa shape index (κ1) is 17.0. The molecule has 1 heterocycles. The fourth-order valence-electron chi connectivity index (χ4n) is 2.60. The number of amides is 2. The fourth-order valence-corrected chi connectivity index (χ4v) is 2.60. The Hall–Kier alpha value is -2.41. The molecule has 0 radical (unpaired) electrons. The van der Waals surface area contributed by atoms with Gasteiger partial charge in [-0.3, -0.25) is 9.59 Å². The normalized spacial score (nSPS) is 20.3. The minimum atomic E-state index is -1.06. The molecule has 0 saturated carbocycles. The molecule has 0 spiro atoms. The van der Waals surface area contributed by atoms with Crippen LogP contribution in [0, 0.1) is 0 Å². The summed E-state index contributed by atoms with van der Waals surface area (Å²) in [4.78, 5) is 36.5. The van der Waals surface area contributed by atoms with E-state index in [-0.39, 0.29) is 37.9 Å². The Labute approximate surface area is 134 Å². The molecule has 7 nitrogen and oxygen atoms in total. The predicted octanol–water partition coefficient (Wildman–Crippen LogP) is 0.0458. The zero-order valence-corrected chi connectivity index (χ0v) is 12.9. The van der Waals surface area contributed by atoms with Gasteiger partial charge in [-0.2, -0.15) is 0 Å². The Morgan fingerprint density at radius 2 is 2.00 bits per heavy atom. The van der Waals surface area contributed by atoms with Crippen molar-refractivity contribution in [1.82, 2.24) is 10.2 Å². The molecule has 2 rings (SSSR count). The van der Waals surface area contributed by atoms with E-state index in [4.69, 9.17) is 4.74 Å². The van der Waals surface area contributed by atoms with E-state index in [1.165, 1.54) is 12.0 Å². The van der Waals surface area contributed by atoms with Gasteiger partial charge in [0.15, 0.2) is 0 Å². The molecule has 2 atom stereocenters. The van der Waals surface area contributed by atoms with Gasteiger partial charge in [0.25, 0.3) is 0 Å². The van der Waals surface area contributed by atoms with Crippen molar-refractivity contribution in [3.8, 4) is 0 Å². The number of carboxylic acid groups (broad SMARTS) is 1. The number of hydrogen-bond donors (Lipinski definition) is 2. The highest BCUT2D eigenvalue weighted by molar-refractivity contribution is 5.89. The van der Waals surface area contributed by atoms with E-state index in [1.54, 1.807) is 0 Å². The van der Waals surface area contributed by atoms with Crippen molar-refractivity contribution >= 4 is 17.8 Å². The first-order valence-corrected chi connectivity index (χ1v) is 7.37. The molecule has 1 aromatic rings. The van der Waals surface area contributed by atoms with Gasteiger partial charge in [-0.05, 0) is 5.56 Å². The van der Waals surface area contributed by atoms with Crippen molar-refractivity contribution in [2.45, 2.75) is 25.0 Å². The van der Waals surface area contributed by atoms with Gasteiger partial charge in [-0.15, -0.1) is 0 Å². The standard InChI is InChI=1S/C16H20N2O5/c1-23-12-8-13(16(21)22)18(10-12)15(20)9-17-14(19)7-11-5-3-2-4-6-11/h2-6,12-13H,7-10H2,1H3,(H,17,19)(H,21,22). The second-order valence-corrected chi connectivity index (χ2v) is 5.43. The molecular weight excluding hydrogens is 300 g/mol. The molecule has 1 fully saturated rings. The average molecular weight is 320 g/mol. The van der Waals surface area contributed by atoms with Gasteiger partial charge in [0.2, 0.25) is 11.8 Å². The average Bonchev–Trinajstić information content (AvgIpc) is 2.98. The zero-order chi connectivity index (χ0) is 16.8. The number of carbonyl (C=O) groups is 3. The number of likely N-dealkylation sites (tertiary alicyclic amines) is 1. The lowest BCUT2D eigenvalue weighted by molar-refractivity contribution is -0.148. The van der Waals surface area contributed by atoms with Crippen molar-refractivity contribution in [2.75, 3.05) is 20.2 Å². The lowest BCUT2D eigenvalue weighted by Gasteiger charge is -2.21. The second-order valence-electron chi connectivity index (χ2n) is 5.43. The third-order valence-electron chi connectivity index (χ3n) is 3.85.